The Kier molecular flexibility index (Phi) is 9.25. The number of benzene rings is 2. The number of carbonyl (C=O) groups is 1. The molecule has 2 N–H and O–H groups in total. The largest absolute Gasteiger partial charge is 0.432 e. The van der Waals surface area contributed by atoms with E-state index in [1.807, 2.05) is 13.8 Å². The lowest BCUT2D eigenvalue weighted by Crippen LogP contribution is -2.40. The molecule has 0 aliphatic carbocycles. The molecule has 2 rings (SSSR count). The van der Waals surface area contributed by atoms with Gasteiger partial charge in [0.1, 0.15) is 17.3 Å². The minimum absolute atomic E-state index is 0.0155. The summed E-state index contributed by atoms with van der Waals surface area (Å²) in [6.07, 6.45) is -3.46. The predicted octanol–water partition coefficient (Wildman–Crippen LogP) is 4.57. The lowest BCUT2D eigenvalue weighted by Gasteiger charge is -2.26. The van der Waals surface area contributed by atoms with Gasteiger partial charge in [-0.2, -0.15) is 13.2 Å². The Morgan fingerprint density at radius 3 is 2.22 bits per heavy atom. The minimum Gasteiger partial charge on any atom is -0.295 e. The number of alkyl halides is 3. The average Bonchev–Trinajstić information content (AvgIpc) is 2.70. The van der Waals surface area contributed by atoms with Gasteiger partial charge < -0.3 is 0 Å². The summed E-state index contributed by atoms with van der Waals surface area (Å²) < 4.78 is 78.9. The molecule has 1 unspecified atom stereocenters. The van der Waals surface area contributed by atoms with Gasteiger partial charge >= 0.3 is 6.18 Å². The van der Waals surface area contributed by atoms with Crippen molar-refractivity contribution in [3.63, 3.8) is 0 Å². The van der Waals surface area contributed by atoms with Crippen LogP contribution >= 0.6 is 0 Å². The quantitative estimate of drug-likeness (QED) is 0.349. The molecule has 2 aromatic carbocycles. The molecule has 0 spiro atoms. The van der Waals surface area contributed by atoms with Crippen LogP contribution in [0.4, 0.5) is 27.6 Å². The average molecular weight is 477 g/mol. The van der Waals surface area contributed by atoms with Crippen LogP contribution in [0.1, 0.15) is 29.8 Å². The van der Waals surface area contributed by atoms with Crippen LogP contribution in [0.25, 0.3) is 0 Å². The number of halogens is 5. The van der Waals surface area contributed by atoms with Gasteiger partial charge in [-0.1, -0.05) is 32.6 Å². The van der Waals surface area contributed by atoms with Crippen molar-refractivity contribution < 1.29 is 31.0 Å². The first kappa shape index (κ1) is 27.0. The second kappa shape index (κ2) is 11.0. The highest BCUT2D eigenvalue weighted by atomic mass is 32.2. The Bertz CT molecular complexity index is 1070. The third kappa shape index (κ3) is 7.56. The first-order valence-corrected chi connectivity index (χ1v) is 11.3. The maximum absolute atomic E-state index is 14.5. The van der Waals surface area contributed by atoms with Crippen molar-refractivity contribution in [1.29, 1.82) is 0 Å². The van der Waals surface area contributed by atoms with E-state index in [0.29, 0.717) is 0 Å². The van der Waals surface area contributed by atoms with Crippen LogP contribution in [-0.2, 0) is 16.3 Å². The second-order valence-electron chi connectivity index (χ2n) is 6.34. The SMILES string of the molecule is C=C(NNC(=O)c1ccc(CN(c2cccc(F)c2)S(=C)(C)=O)c(F)c1)C(F)(F)F.CC. The summed E-state index contributed by atoms with van der Waals surface area (Å²) >= 11 is 0. The third-order valence-electron chi connectivity index (χ3n) is 3.86. The van der Waals surface area contributed by atoms with E-state index in [-0.39, 0.29) is 23.4 Å². The van der Waals surface area contributed by atoms with Crippen LogP contribution in [0.15, 0.2) is 54.7 Å². The van der Waals surface area contributed by atoms with Gasteiger partial charge in [0.15, 0.2) is 0 Å². The van der Waals surface area contributed by atoms with Crippen molar-refractivity contribution in [2.24, 2.45) is 0 Å². The van der Waals surface area contributed by atoms with Crippen molar-refractivity contribution in [2.45, 2.75) is 26.6 Å². The molecule has 0 heterocycles. The number of hydrogen-bond acceptors (Lipinski definition) is 3. The Morgan fingerprint density at radius 1 is 1.09 bits per heavy atom. The summed E-state index contributed by atoms with van der Waals surface area (Å²) in [6, 6.07) is 8.39. The highest BCUT2D eigenvalue weighted by Gasteiger charge is 2.32. The zero-order chi connectivity index (χ0) is 24.7. The van der Waals surface area contributed by atoms with Gasteiger partial charge in [0.2, 0.25) is 0 Å². The van der Waals surface area contributed by atoms with E-state index < -0.39 is 39.1 Å². The number of anilines is 1. The highest BCUT2D eigenvalue weighted by molar-refractivity contribution is 8.00. The summed E-state index contributed by atoms with van der Waals surface area (Å²) in [4.78, 5) is 11.9. The maximum atomic E-state index is 14.5. The molecule has 0 radical (unpaired) electrons. The molecule has 1 atom stereocenters. The first-order valence-electron chi connectivity index (χ1n) is 9.25. The van der Waals surface area contributed by atoms with Gasteiger partial charge in [0.05, 0.1) is 12.2 Å². The van der Waals surface area contributed by atoms with E-state index in [1.54, 1.807) is 10.9 Å². The zero-order valence-corrected chi connectivity index (χ0v) is 18.5. The number of nitrogens with zero attached hydrogens (tertiary/aromatic N) is 1. The van der Waals surface area contributed by atoms with Gasteiger partial charge in [-0.15, -0.1) is 0 Å². The van der Waals surface area contributed by atoms with E-state index in [4.69, 9.17) is 0 Å². The molecule has 32 heavy (non-hydrogen) atoms. The Morgan fingerprint density at radius 2 is 1.72 bits per heavy atom. The van der Waals surface area contributed by atoms with Crippen molar-refractivity contribution in [2.75, 3.05) is 10.6 Å². The molecule has 0 fully saturated rings. The summed E-state index contributed by atoms with van der Waals surface area (Å²) in [6.45, 7) is 6.47. The van der Waals surface area contributed by atoms with Crippen LogP contribution < -0.4 is 15.2 Å². The molecule has 0 aliphatic heterocycles. The standard InChI is InChI=1S/C19H18F5N3O2S.C2H6/c1-12(19(22,23)24)25-26-18(28)13-7-8-14(17(21)9-13)11-27(30(2,3)29)16-6-4-5-15(20)10-16;1-2/h4-10,25H,1-2,11H2,3H3,(H,26,28);1-2H3. The molecule has 2 aromatic rings. The molecule has 176 valence electrons. The molecule has 1 amide bonds. The molecular weight excluding hydrogens is 453 g/mol. The van der Waals surface area contributed by atoms with E-state index in [2.05, 4.69) is 12.4 Å². The predicted molar refractivity (Wildman–Crippen MR) is 117 cm³/mol. The van der Waals surface area contributed by atoms with Crippen molar-refractivity contribution >= 4 is 27.2 Å². The number of hydrogen-bond donors (Lipinski definition) is 2. The Hall–Kier alpha value is -3.08. The van der Waals surface area contributed by atoms with E-state index in [9.17, 15) is 31.0 Å². The fourth-order valence-corrected chi connectivity index (χ4v) is 3.30. The van der Waals surface area contributed by atoms with E-state index in [0.717, 1.165) is 12.1 Å². The van der Waals surface area contributed by atoms with Gasteiger partial charge in [-0.05, 0) is 36.2 Å². The van der Waals surface area contributed by atoms with Gasteiger partial charge in [-0.3, -0.25) is 20.0 Å². The molecule has 11 heteroatoms. The summed E-state index contributed by atoms with van der Waals surface area (Å²) in [5.41, 5.74) is 1.94. The summed E-state index contributed by atoms with van der Waals surface area (Å²) in [7, 11) is -2.91. The number of amides is 1. The van der Waals surface area contributed by atoms with E-state index in [1.165, 1.54) is 40.9 Å². The van der Waals surface area contributed by atoms with Crippen LogP contribution in [0, 0.1) is 11.6 Å². The van der Waals surface area contributed by atoms with Crippen molar-refractivity contribution in [3.05, 3.63) is 77.5 Å². The van der Waals surface area contributed by atoms with Crippen molar-refractivity contribution in [1.82, 2.24) is 10.9 Å². The molecule has 0 saturated heterocycles. The molecule has 0 saturated carbocycles. The number of carbonyl (C=O) groups excluding carboxylic acids is 1. The van der Waals surface area contributed by atoms with E-state index >= 15 is 0 Å². The van der Waals surface area contributed by atoms with Crippen LogP contribution in [0.3, 0.4) is 0 Å². The molecule has 5 nitrogen and oxygen atoms in total. The van der Waals surface area contributed by atoms with Gasteiger partial charge in [0.25, 0.3) is 5.91 Å². The summed E-state index contributed by atoms with van der Waals surface area (Å²) in [5.74, 6) is 1.07. The normalized spacial score (nSPS) is 12.6. The zero-order valence-electron chi connectivity index (χ0n) is 17.7. The van der Waals surface area contributed by atoms with Crippen LogP contribution in [0.2, 0.25) is 0 Å². The third-order valence-corrected chi connectivity index (χ3v) is 5.13. The summed E-state index contributed by atoms with van der Waals surface area (Å²) in [5, 5.41) is 0. The lowest BCUT2D eigenvalue weighted by atomic mass is 10.1. The monoisotopic (exact) mass is 477 g/mol. The maximum Gasteiger partial charge on any atom is 0.432 e. The Balaban J connectivity index is 0.00000249. The topological polar surface area (TPSA) is 61.4 Å². The molecule has 0 aromatic heterocycles. The van der Waals surface area contributed by atoms with Crippen LogP contribution in [-0.4, -0.2) is 28.4 Å². The minimum atomic E-state index is -4.76. The highest BCUT2D eigenvalue weighted by Crippen LogP contribution is 2.23. The molecule has 0 aliphatic rings. The number of rotatable bonds is 7. The number of hydrazine groups is 1. The van der Waals surface area contributed by atoms with Gasteiger partial charge in [-0.25, -0.2) is 13.0 Å². The first-order chi connectivity index (χ1) is 14.8. The smallest absolute Gasteiger partial charge is 0.295 e. The molecule has 0 bridgehead atoms. The fourth-order valence-electron chi connectivity index (χ4n) is 2.33. The molecular formula is C21H24F5N3O2S. The van der Waals surface area contributed by atoms with Crippen molar-refractivity contribution in [3.8, 4) is 0 Å². The lowest BCUT2D eigenvalue weighted by molar-refractivity contribution is -0.0972. The number of nitrogens with one attached hydrogen (secondary N) is 2. The van der Waals surface area contributed by atoms with Gasteiger partial charge in [0, 0.05) is 27.1 Å². The Labute approximate surface area is 184 Å². The fraction of sp³-hybridized carbons (Fsp3) is 0.238. The van der Waals surface area contributed by atoms with Crippen LogP contribution in [0.5, 0.6) is 0 Å². The number of allylic oxidation sites excluding steroid dienone is 1. The second-order valence-corrected chi connectivity index (χ2v) is 8.70.